The Labute approximate surface area is 160 Å². The second-order valence-electron chi connectivity index (χ2n) is 4.59. The van der Waals surface area contributed by atoms with Gasteiger partial charge < -0.3 is 9.42 Å². The van der Waals surface area contributed by atoms with Gasteiger partial charge >= 0.3 is 13.8 Å². The summed E-state index contributed by atoms with van der Waals surface area (Å²) in [6.07, 6.45) is -3.47. The van der Waals surface area contributed by atoms with Crippen LogP contribution in [0.3, 0.4) is 0 Å². The van der Waals surface area contributed by atoms with Gasteiger partial charge in [-0.2, -0.15) is 8.78 Å². The highest BCUT2D eigenvalue weighted by atomic mass is 79.9. The second kappa shape index (κ2) is 8.39. The molecule has 0 bridgehead atoms. The number of hydrogen-bond acceptors (Lipinski definition) is 3. The predicted octanol–water partition coefficient (Wildman–Crippen LogP) is 6.84. The van der Waals surface area contributed by atoms with Gasteiger partial charge in [-0.15, -0.1) is 11.8 Å². The molecular formula is C14H10BrCl2F2O3PS. The quantitative estimate of drug-likeness (QED) is 0.365. The van der Waals surface area contributed by atoms with Crippen molar-refractivity contribution in [2.75, 3.05) is 0 Å². The summed E-state index contributed by atoms with van der Waals surface area (Å²) in [4.78, 5) is 9.95. The number of benzene rings is 2. The van der Waals surface area contributed by atoms with Crippen molar-refractivity contribution in [2.45, 2.75) is 16.8 Å². The number of rotatable bonds is 6. The Morgan fingerprint density at radius 3 is 2.38 bits per heavy atom. The molecule has 10 heteroatoms. The number of hydrogen-bond donors (Lipinski definition) is 1. The molecule has 0 saturated carbocycles. The summed E-state index contributed by atoms with van der Waals surface area (Å²) in [5.74, 6) is 0.432. The fourth-order valence-corrected chi connectivity index (χ4v) is 4.41. The van der Waals surface area contributed by atoms with Crippen LogP contribution < -0.4 is 4.52 Å². The molecule has 2 aromatic rings. The van der Waals surface area contributed by atoms with Crippen molar-refractivity contribution in [1.82, 2.24) is 0 Å². The van der Waals surface area contributed by atoms with Crippen LogP contribution in [0.15, 0.2) is 45.8 Å². The van der Waals surface area contributed by atoms with Crippen LogP contribution in [0.1, 0.15) is 5.56 Å². The van der Waals surface area contributed by atoms with Gasteiger partial charge in [0.25, 0.3) is 0 Å². The molecule has 2 aromatic carbocycles. The van der Waals surface area contributed by atoms with Gasteiger partial charge in [0.15, 0.2) is 0 Å². The smallest absolute Gasteiger partial charge is 0.420 e. The Morgan fingerprint density at radius 1 is 1.21 bits per heavy atom. The first kappa shape index (κ1) is 20.0. The van der Waals surface area contributed by atoms with Gasteiger partial charge in [-0.3, -0.25) is 0 Å². The second-order valence-corrected chi connectivity index (χ2v) is 9.07. The van der Waals surface area contributed by atoms with Crippen molar-refractivity contribution in [3.8, 4) is 5.75 Å². The normalized spacial score (nSPS) is 13.8. The van der Waals surface area contributed by atoms with Crippen LogP contribution in [-0.4, -0.2) is 11.1 Å². The Hall–Kier alpha value is -0.300. The van der Waals surface area contributed by atoms with Crippen LogP contribution in [-0.2, 0) is 10.3 Å². The highest BCUT2D eigenvalue weighted by Crippen LogP contribution is 2.50. The lowest BCUT2D eigenvalue weighted by molar-refractivity contribution is 0.188. The molecule has 0 aliphatic rings. The van der Waals surface area contributed by atoms with Crippen molar-refractivity contribution in [2.24, 2.45) is 0 Å². The van der Waals surface area contributed by atoms with Crippen LogP contribution in [0.25, 0.3) is 0 Å². The number of thioether (sulfide) groups is 1. The van der Waals surface area contributed by atoms with Gasteiger partial charge in [0.2, 0.25) is 0 Å². The average Bonchev–Trinajstić information content (AvgIpc) is 2.46. The molecule has 0 aliphatic heterocycles. The Kier molecular flexibility index (Phi) is 7.00. The van der Waals surface area contributed by atoms with E-state index in [4.69, 9.17) is 28.1 Å². The average molecular weight is 478 g/mol. The topological polar surface area (TPSA) is 46.5 Å². The lowest BCUT2D eigenvalue weighted by atomic mass is 10.2. The molecule has 24 heavy (non-hydrogen) atoms. The van der Waals surface area contributed by atoms with E-state index in [2.05, 4.69) is 20.5 Å². The summed E-state index contributed by atoms with van der Waals surface area (Å²) in [7, 11) is -5.00. The molecule has 0 heterocycles. The molecular weight excluding hydrogens is 468 g/mol. The minimum Gasteiger partial charge on any atom is -0.420 e. The van der Waals surface area contributed by atoms with Crippen molar-refractivity contribution < 1.29 is 22.8 Å². The standard InChI is InChI=1S/C14H10BrCl2F2O3PS/c15-12-3-8(1-2-13(12)22-23(20,21)14(18)19)7-24-11-5-9(16)4-10(17)6-11/h1-6,14H,7H2,(H,20,21). The van der Waals surface area contributed by atoms with E-state index >= 15 is 0 Å². The van der Waals surface area contributed by atoms with Crippen molar-refractivity contribution in [1.29, 1.82) is 0 Å². The van der Waals surface area contributed by atoms with Crippen molar-refractivity contribution >= 4 is 58.5 Å². The highest BCUT2D eigenvalue weighted by Gasteiger charge is 2.34. The van der Waals surface area contributed by atoms with Gasteiger partial charge in [0.05, 0.1) is 4.47 Å². The maximum atomic E-state index is 12.4. The Balaban J connectivity index is 2.08. The summed E-state index contributed by atoms with van der Waals surface area (Å²) in [6.45, 7) is 0. The monoisotopic (exact) mass is 476 g/mol. The maximum absolute atomic E-state index is 12.4. The lowest BCUT2D eigenvalue weighted by Gasteiger charge is -2.14. The third kappa shape index (κ3) is 5.61. The van der Waals surface area contributed by atoms with Crippen LogP contribution in [0, 0.1) is 0 Å². The largest absolute Gasteiger partial charge is 0.442 e. The molecule has 0 saturated heterocycles. The van der Waals surface area contributed by atoms with Crippen LogP contribution in [0.5, 0.6) is 5.75 Å². The van der Waals surface area contributed by atoms with E-state index < -0.39 is 13.8 Å². The first-order chi connectivity index (χ1) is 11.2. The molecule has 1 N–H and O–H groups in total. The highest BCUT2D eigenvalue weighted by molar-refractivity contribution is 9.10. The summed E-state index contributed by atoms with van der Waals surface area (Å²) in [5.41, 5.74) is 0.847. The third-order valence-electron chi connectivity index (χ3n) is 2.71. The first-order valence-electron chi connectivity index (χ1n) is 6.35. The molecule has 130 valence electrons. The van der Waals surface area contributed by atoms with E-state index in [9.17, 15) is 13.3 Å². The molecule has 0 radical (unpaired) electrons. The van der Waals surface area contributed by atoms with Crippen LogP contribution >= 0.6 is 58.5 Å². The summed E-state index contributed by atoms with van der Waals surface area (Å²) >= 11 is 16.5. The van der Waals surface area contributed by atoms with Crippen LogP contribution in [0.2, 0.25) is 10.0 Å². The zero-order valence-corrected chi connectivity index (χ0v) is 16.6. The molecule has 0 fully saturated rings. The molecule has 0 amide bonds. The fourth-order valence-electron chi connectivity index (χ4n) is 1.67. The Morgan fingerprint density at radius 2 is 1.83 bits per heavy atom. The SMILES string of the molecule is O=P(O)(Oc1ccc(CSc2cc(Cl)cc(Cl)c2)cc1Br)C(F)F. The molecule has 2 rings (SSSR count). The van der Waals surface area contributed by atoms with Gasteiger partial charge in [0, 0.05) is 20.7 Å². The molecule has 1 unspecified atom stereocenters. The first-order valence-corrected chi connectivity index (χ1v) is 10.5. The molecule has 3 nitrogen and oxygen atoms in total. The van der Waals surface area contributed by atoms with E-state index in [0.717, 1.165) is 10.5 Å². The number of alkyl halides is 2. The van der Waals surface area contributed by atoms with Gasteiger partial charge in [-0.05, 0) is 51.8 Å². The predicted molar refractivity (Wildman–Crippen MR) is 96.6 cm³/mol. The molecule has 1 atom stereocenters. The van der Waals surface area contributed by atoms with Crippen molar-refractivity contribution in [3.05, 3.63) is 56.5 Å². The zero-order chi connectivity index (χ0) is 17.9. The van der Waals surface area contributed by atoms with E-state index in [1.54, 1.807) is 30.3 Å². The third-order valence-corrected chi connectivity index (χ3v) is 5.77. The van der Waals surface area contributed by atoms with E-state index in [1.165, 1.54) is 17.8 Å². The van der Waals surface area contributed by atoms with Gasteiger partial charge in [-0.1, -0.05) is 29.3 Å². The summed E-state index contributed by atoms with van der Waals surface area (Å²) in [5, 5.41) is 1.06. The molecule has 0 spiro atoms. The zero-order valence-electron chi connectivity index (χ0n) is 11.8. The van der Waals surface area contributed by atoms with E-state index in [1.807, 2.05) is 0 Å². The Bertz CT molecular complexity index is 774. The van der Waals surface area contributed by atoms with E-state index in [0.29, 0.717) is 20.3 Å². The molecule has 0 aromatic heterocycles. The van der Waals surface area contributed by atoms with Gasteiger partial charge in [0.1, 0.15) is 5.75 Å². The maximum Gasteiger partial charge on any atom is 0.442 e. The van der Waals surface area contributed by atoms with E-state index in [-0.39, 0.29) is 5.75 Å². The van der Waals surface area contributed by atoms with Crippen LogP contribution in [0.4, 0.5) is 8.78 Å². The summed E-state index contributed by atoms with van der Waals surface area (Å²) < 4.78 is 40.9. The van der Waals surface area contributed by atoms with Crippen molar-refractivity contribution in [3.63, 3.8) is 0 Å². The molecule has 0 aliphatic carbocycles. The minimum atomic E-state index is -5.00. The van der Waals surface area contributed by atoms with Gasteiger partial charge in [-0.25, -0.2) is 4.57 Å². The summed E-state index contributed by atoms with van der Waals surface area (Å²) in [6, 6.07) is 9.78. The minimum absolute atomic E-state index is 0.124. The lowest BCUT2D eigenvalue weighted by Crippen LogP contribution is -2.01. The fraction of sp³-hybridized carbons (Fsp3) is 0.143. The number of halogens is 5.